The molecule has 2 aliphatic heterocycles. The van der Waals surface area contributed by atoms with E-state index in [-0.39, 0.29) is 24.8 Å². The summed E-state index contributed by atoms with van der Waals surface area (Å²) in [5.41, 5.74) is 1.18. The van der Waals surface area contributed by atoms with E-state index >= 15 is 0 Å². The predicted octanol–water partition coefficient (Wildman–Crippen LogP) is 2.59. The summed E-state index contributed by atoms with van der Waals surface area (Å²) in [6, 6.07) is 3.81. The van der Waals surface area contributed by atoms with Gasteiger partial charge in [0.15, 0.2) is 0 Å². The third-order valence-corrected chi connectivity index (χ3v) is 8.03. The zero-order chi connectivity index (χ0) is 21.4. The summed E-state index contributed by atoms with van der Waals surface area (Å²) in [5, 5.41) is 12.5. The van der Waals surface area contributed by atoms with Crippen molar-refractivity contribution in [2.75, 3.05) is 26.7 Å². The Morgan fingerprint density at radius 2 is 1.93 bits per heavy atom. The van der Waals surface area contributed by atoms with Gasteiger partial charge in [-0.25, -0.2) is 4.79 Å². The molecule has 2 aliphatic rings. The topological polar surface area (TPSA) is 90.0 Å². The van der Waals surface area contributed by atoms with Crippen LogP contribution in [0.5, 0.6) is 0 Å². The Balaban J connectivity index is 1.48. The maximum atomic E-state index is 13.2. The third-order valence-electron chi connectivity index (χ3n) is 5.57. The molecular weight excluding hydrogens is 446 g/mol. The maximum Gasteiger partial charge on any atom is 0.326 e. The molecule has 0 aromatic carbocycles. The summed E-state index contributed by atoms with van der Waals surface area (Å²) in [7, 11) is 2.09. The van der Waals surface area contributed by atoms with Gasteiger partial charge in [-0.3, -0.25) is 9.59 Å². The number of likely N-dealkylation sites (tertiary alicyclic amines) is 1. The van der Waals surface area contributed by atoms with Gasteiger partial charge in [0.25, 0.3) is 11.8 Å². The zero-order valence-corrected chi connectivity index (χ0v) is 18.8. The van der Waals surface area contributed by atoms with Crippen molar-refractivity contribution < 1.29 is 19.5 Å². The van der Waals surface area contributed by atoms with Crippen molar-refractivity contribution in [3.8, 4) is 0 Å². The summed E-state index contributed by atoms with van der Waals surface area (Å²) in [6.07, 6.45) is 1.97. The van der Waals surface area contributed by atoms with Gasteiger partial charge < -0.3 is 20.2 Å². The van der Waals surface area contributed by atoms with Crippen molar-refractivity contribution in [1.82, 2.24) is 15.1 Å². The minimum absolute atomic E-state index is 0.173. The van der Waals surface area contributed by atoms with E-state index in [1.807, 2.05) is 6.07 Å². The molecule has 4 rings (SSSR count). The number of fused-ring (bicyclic) bond motifs is 1. The van der Waals surface area contributed by atoms with Crippen LogP contribution in [0.15, 0.2) is 18.2 Å². The number of nitrogens with one attached hydrogen (secondary N) is 1. The number of rotatable bonds is 4. The van der Waals surface area contributed by atoms with E-state index in [1.165, 1.54) is 26.7 Å². The highest BCUT2D eigenvalue weighted by atomic mass is 35.5. The van der Waals surface area contributed by atoms with E-state index < -0.39 is 18.1 Å². The van der Waals surface area contributed by atoms with Gasteiger partial charge in [0, 0.05) is 37.0 Å². The summed E-state index contributed by atoms with van der Waals surface area (Å²) < 4.78 is 0.510. The van der Waals surface area contributed by atoms with Gasteiger partial charge in [0.2, 0.25) is 0 Å². The van der Waals surface area contributed by atoms with Crippen molar-refractivity contribution >= 4 is 52.1 Å². The van der Waals surface area contributed by atoms with Gasteiger partial charge in [0.05, 0.1) is 14.1 Å². The van der Waals surface area contributed by atoms with Crippen molar-refractivity contribution in [2.45, 2.75) is 31.3 Å². The fraction of sp³-hybridized carbons (Fsp3) is 0.450. The molecule has 1 unspecified atom stereocenters. The van der Waals surface area contributed by atoms with Gasteiger partial charge in [0.1, 0.15) is 6.04 Å². The monoisotopic (exact) mass is 467 g/mol. The summed E-state index contributed by atoms with van der Waals surface area (Å²) >= 11 is 8.51. The van der Waals surface area contributed by atoms with E-state index in [0.29, 0.717) is 14.1 Å². The van der Waals surface area contributed by atoms with Crippen LogP contribution in [0.25, 0.3) is 0 Å². The molecule has 1 saturated heterocycles. The van der Waals surface area contributed by atoms with Crippen molar-refractivity contribution in [2.24, 2.45) is 0 Å². The standard InChI is InChI=1S/C20H22ClN3O4S2/c1-23-6-4-11-8-16(29-14(11)5-7-23)19(26)24-10-12(9-13(24)20(27)28)22-18(25)15-2-3-17(21)30-15/h2-3,8,12-13H,4-7,9-10H2,1H3,(H,22,25)(H,27,28)/t12?,13-/m0/s1. The Kier molecular flexibility index (Phi) is 6.15. The van der Waals surface area contributed by atoms with Gasteiger partial charge >= 0.3 is 5.97 Å². The number of carbonyl (C=O) groups is 3. The van der Waals surface area contributed by atoms with E-state index in [1.54, 1.807) is 12.1 Å². The number of halogens is 1. The second-order valence-corrected chi connectivity index (χ2v) is 10.5. The van der Waals surface area contributed by atoms with Crippen LogP contribution < -0.4 is 5.32 Å². The molecular formula is C20H22ClN3O4S2. The lowest BCUT2D eigenvalue weighted by atomic mass is 10.1. The Bertz CT molecular complexity index is 963. The van der Waals surface area contributed by atoms with Crippen LogP contribution in [0.4, 0.5) is 0 Å². The zero-order valence-electron chi connectivity index (χ0n) is 16.4. The molecule has 160 valence electrons. The molecule has 0 spiro atoms. The van der Waals surface area contributed by atoms with Crippen LogP contribution in [0.1, 0.15) is 36.2 Å². The molecule has 4 heterocycles. The summed E-state index contributed by atoms with van der Waals surface area (Å²) in [6.45, 7) is 2.06. The van der Waals surface area contributed by atoms with E-state index in [2.05, 4.69) is 17.3 Å². The van der Waals surface area contributed by atoms with E-state index in [9.17, 15) is 19.5 Å². The number of hydrogen-bond acceptors (Lipinski definition) is 6. The van der Waals surface area contributed by atoms with Crippen molar-refractivity contribution in [3.63, 3.8) is 0 Å². The lowest BCUT2D eigenvalue weighted by Crippen LogP contribution is -2.41. The Hall–Kier alpha value is -1.94. The highest BCUT2D eigenvalue weighted by Gasteiger charge is 2.41. The van der Waals surface area contributed by atoms with Crippen LogP contribution in [0.3, 0.4) is 0 Å². The van der Waals surface area contributed by atoms with Crippen LogP contribution in [0, 0.1) is 0 Å². The Morgan fingerprint density at radius 3 is 2.63 bits per heavy atom. The number of thiophene rings is 2. The third kappa shape index (κ3) is 4.39. The predicted molar refractivity (Wildman–Crippen MR) is 117 cm³/mol. The smallest absolute Gasteiger partial charge is 0.326 e. The summed E-state index contributed by atoms with van der Waals surface area (Å²) in [4.78, 5) is 43.3. The number of carbonyl (C=O) groups excluding carboxylic acids is 2. The van der Waals surface area contributed by atoms with E-state index in [4.69, 9.17) is 11.6 Å². The van der Waals surface area contributed by atoms with Gasteiger partial charge in [-0.1, -0.05) is 11.6 Å². The number of nitrogens with zero attached hydrogens (tertiary/aromatic N) is 2. The number of aliphatic carboxylic acids is 1. The number of amides is 2. The number of carboxylic acid groups (broad SMARTS) is 1. The van der Waals surface area contributed by atoms with E-state index in [0.717, 1.165) is 37.3 Å². The SMILES string of the molecule is CN1CCc2cc(C(=O)N3CC(NC(=O)c4ccc(Cl)s4)C[C@H]3C(=O)O)sc2CC1. The lowest BCUT2D eigenvalue weighted by Gasteiger charge is -2.20. The first-order valence-corrected chi connectivity index (χ1v) is 11.7. The van der Waals surface area contributed by atoms with Gasteiger partial charge in [-0.2, -0.15) is 0 Å². The normalized spacial score (nSPS) is 21.9. The highest BCUT2D eigenvalue weighted by Crippen LogP contribution is 2.30. The molecule has 0 bridgehead atoms. The molecule has 1 fully saturated rings. The van der Waals surface area contributed by atoms with Crippen LogP contribution >= 0.6 is 34.3 Å². The Labute approximate surface area is 187 Å². The molecule has 0 aliphatic carbocycles. The second-order valence-electron chi connectivity index (χ2n) is 7.68. The summed E-state index contributed by atoms with van der Waals surface area (Å²) in [5.74, 6) is -1.63. The van der Waals surface area contributed by atoms with Gasteiger partial charge in [-0.15, -0.1) is 22.7 Å². The molecule has 2 aromatic heterocycles. The number of likely N-dealkylation sites (N-methyl/N-ethyl adjacent to an activating group) is 1. The van der Waals surface area contributed by atoms with Crippen molar-refractivity contribution in [3.05, 3.63) is 42.7 Å². The first kappa shape index (κ1) is 21.3. The first-order chi connectivity index (χ1) is 14.3. The first-order valence-electron chi connectivity index (χ1n) is 9.72. The average molecular weight is 468 g/mol. The van der Waals surface area contributed by atoms with Crippen LogP contribution in [-0.2, 0) is 17.6 Å². The number of hydrogen-bond donors (Lipinski definition) is 2. The quantitative estimate of drug-likeness (QED) is 0.721. The second kappa shape index (κ2) is 8.66. The fourth-order valence-corrected chi connectivity index (χ4v) is 6.05. The maximum absolute atomic E-state index is 13.2. The minimum atomic E-state index is -1.06. The average Bonchev–Trinajstić information content (AvgIpc) is 3.40. The largest absolute Gasteiger partial charge is 0.480 e. The molecule has 30 heavy (non-hydrogen) atoms. The highest BCUT2D eigenvalue weighted by molar-refractivity contribution is 7.18. The Morgan fingerprint density at radius 1 is 1.17 bits per heavy atom. The minimum Gasteiger partial charge on any atom is -0.480 e. The van der Waals surface area contributed by atoms with Crippen LogP contribution in [0.2, 0.25) is 4.34 Å². The fourth-order valence-electron chi connectivity index (χ4n) is 3.94. The number of carboxylic acids is 1. The molecule has 0 radical (unpaired) electrons. The molecule has 10 heteroatoms. The molecule has 2 N–H and O–H groups in total. The van der Waals surface area contributed by atoms with Crippen LogP contribution in [-0.4, -0.2) is 71.5 Å². The van der Waals surface area contributed by atoms with Crippen molar-refractivity contribution in [1.29, 1.82) is 0 Å². The lowest BCUT2D eigenvalue weighted by molar-refractivity contribution is -0.141. The molecule has 2 atom stereocenters. The molecule has 2 aromatic rings. The van der Waals surface area contributed by atoms with Gasteiger partial charge in [-0.05, 0) is 43.7 Å². The molecule has 0 saturated carbocycles. The molecule has 7 nitrogen and oxygen atoms in total. The molecule has 2 amide bonds.